The molecule has 172 valence electrons. The van der Waals surface area contributed by atoms with E-state index in [0.29, 0.717) is 18.7 Å². The van der Waals surface area contributed by atoms with E-state index >= 15 is 0 Å². The first-order valence-corrected chi connectivity index (χ1v) is 11.7. The lowest BCUT2D eigenvalue weighted by atomic mass is 10.1. The Bertz CT molecular complexity index is 1010. The number of aromatic nitrogens is 1. The zero-order chi connectivity index (χ0) is 23.0. The molecule has 0 bridgehead atoms. The van der Waals surface area contributed by atoms with Crippen molar-refractivity contribution in [1.29, 1.82) is 0 Å². The molecule has 0 fully saturated rings. The van der Waals surface area contributed by atoms with Crippen molar-refractivity contribution in [3.05, 3.63) is 66.5 Å². The molecule has 3 rings (SSSR count). The van der Waals surface area contributed by atoms with E-state index in [1.54, 1.807) is 36.7 Å². The van der Waals surface area contributed by atoms with Crippen molar-refractivity contribution in [2.45, 2.75) is 36.0 Å². The van der Waals surface area contributed by atoms with Crippen LogP contribution in [0.4, 0.5) is 0 Å². The molecule has 0 saturated carbocycles. The van der Waals surface area contributed by atoms with Gasteiger partial charge in [-0.05, 0) is 48.4 Å². The van der Waals surface area contributed by atoms with E-state index in [0.717, 1.165) is 5.56 Å². The quantitative estimate of drug-likeness (QED) is 0.447. The van der Waals surface area contributed by atoms with Crippen molar-refractivity contribution in [1.82, 2.24) is 15.0 Å². The van der Waals surface area contributed by atoms with Crippen LogP contribution in [0.15, 0.2) is 65.8 Å². The first-order valence-electron chi connectivity index (χ1n) is 10.2. The van der Waals surface area contributed by atoms with Gasteiger partial charge in [-0.2, -0.15) is 0 Å². The number of nitrogens with one attached hydrogen (secondary N) is 2. The molecule has 32 heavy (non-hydrogen) atoms. The SMILES string of the molecule is COc1ccc(S(=O)(=O)N[C@@H]2C=C[C@H](CC(=O)NCCc3ccncc3)O[C@H]2CO)cc1. The predicted octanol–water partition coefficient (Wildman–Crippen LogP) is 0.802. The second-order valence-electron chi connectivity index (χ2n) is 7.26. The number of amides is 1. The fraction of sp³-hybridized carbons (Fsp3) is 0.364. The van der Waals surface area contributed by atoms with Gasteiger partial charge in [-0.3, -0.25) is 9.78 Å². The molecule has 0 radical (unpaired) electrons. The van der Waals surface area contributed by atoms with Crippen molar-refractivity contribution in [2.75, 3.05) is 20.3 Å². The molecule has 0 saturated heterocycles. The second-order valence-corrected chi connectivity index (χ2v) is 8.98. The minimum Gasteiger partial charge on any atom is -0.497 e. The smallest absolute Gasteiger partial charge is 0.241 e. The zero-order valence-corrected chi connectivity index (χ0v) is 18.5. The lowest BCUT2D eigenvalue weighted by Gasteiger charge is -2.31. The van der Waals surface area contributed by atoms with Gasteiger partial charge in [0, 0.05) is 18.9 Å². The summed E-state index contributed by atoms with van der Waals surface area (Å²) in [6.45, 7) is 0.0767. The molecule has 2 heterocycles. The number of carbonyl (C=O) groups excluding carboxylic acids is 1. The molecule has 3 N–H and O–H groups in total. The predicted molar refractivity (Wildman–Crippen MR) is 118 cm³/mol. The van der Waals surface area contributed by atoms with E-state index in [1.165, 1.54) is 19.2 Å². The highest BCUT2D eigenvalue weighted by molar-refractivity contribution is 7.89. The third-order valence-corrected chi connectivity index (χ3v) is 6.47. The molecule has 2 aromatic rings. The Morgan fingerprint density at radius 1 is 1.16 bits per heavy atom. The van der Waals surface area contributed by atoms with Gasteiger partial charge < -0.3 is 19.9 Å². The molecule has 3 atom stereocenters. The summed E-state index contributed by atoms with van der Waals surface area (Å²) in [5, 5.41) is 12.5. The third-order valence-electron chi connectivity index (χ3n) is 5.00. The van der Waals surface area contributed by atoms with Gasteiger partial charge in [-0.1, -0.05) is 12.2 Å². The van der Waals surface area contributed by atoms with Gasteiger partial charge in [-0.25, -0.2) is 13.1 Å². The molecule has 1 amide bonds. The number of aliphatic hydroxyl groups excluding tert-OH is 1. The van der Waals surface area contributed by atoms with Crippen LogP contribution < -0.4 is 14.8 Å². The Morgan fingerprint density at radius 3 is 2.53 bits per heavy atom. The maximum absolute atomic E-state index is 12.7. The largest absolute Gasteiger partial charge is 0.497 e. The molecule has 0 spiro atoms. The maximum Gasteiger partial charge on any atom is 0.241 e. The minimum atomic E-state index is -3.84. The van der Waals surface area contributed by atoms with Crippen LogP contribution in [-0.4, -0.2) is 62.9 Å². The summed E-state index contributed by atoms with van der Waals surface area (Å²) in [5.41, 5.74) is 1.07. The number of ether oxygens (including phenoxy) is 2. The Balaban J connectivity index is 1.53. The second kappa shape index (κ2) is 11.2. The van der Waals surface area contributed by atoms with E-state index in [9.17, 15) is 18.3 Å². The lowest BCUT2D eigenvalue weighted by Crippen LogP contribution is -2.49. The average molecular weight is 462 g/mol. The number of nitrogens with zero attached hydrogens (tertiary/aromatic N) is 1. The normalized spacial score (nSPS) is 20.6. The highest BCUT2D eigenvalue weighted by atomic mass is 32.2. The summed E-state index contributed by atoms with van der Waals surface area (Å²) < 4.78 is 38.7. The van der Waals surface area contributed by atoms with Crippen molar-refractivity contribution in [2.24, 2.45) is 0 Å². The van der Waals surface area contributed by atoms with Gasteiger partial charge in [0.2, 0.25) is 15.9 Å². The number of aliphatic hydroxyl groups is 1. The number of rotatable bonds is 10. The van der Waals surface area contributed by atoms with Crippen molar-refractivity contribution < 1.29 is 27.8 Å². The Hall–Kier alpha value is -2.79. The van der Waals surface area contributed by atoms with E-state index in [-0.39, 0.29) is 17.2 Å². The van der Waals surface area contributed by atoms with Gasteiger partial charge in [-0.15, -0.1) is 0 Å². The number of carbonyl (C=O) groups is 1. The number of hydrogen-bond acceptors (Lipinski definition) is 7. The Kier molecular flexibility index (Phi) is 8.34. The van der Waals surface area contributed by atoms with Gasteiger partial charge in [0.05, 0.1) is 37.2 Å². The molecule has 1 aliphatic rings. The van der Waals surface area contributed by atoms with Crippen molar-refractivity contribution in [3.8, 4) is 5.75 Å². The summed E-state index contributed by atoms with van der Waals surface area (Å²) in [7, 11) is -2.34. The summed E-state index contributed by atoms with van der Waals surface area (Å²) in [4.78, 5) is 16.2. The topological polar surface area (TPSA) is 127 Å². The van der Waals surface area contributed by atoms with Crippen LogP contribution in [0.2, 0.25) is 0 Å². The highest BCUT2D eigenvalue weighted by Gasteiger charge is 2.31. The lowest BCUT2D eigenvalue weighted by molar-refractivity contribution is -0.125. The number of pyridine rings is 1. The van der Waals surface area contributed by atoms with Crippen molar-refractivity contribution >= 4 is 15.9 Å². The van der Waals surface area contributed by atoms with Crippen LogP contribution in [0.5, 0.6) is 5.75 Å². The van der Waals surface area contributed by atoms with Gasteiger partial charge in [0.1, 0.15) is 11.9 Å². The van der Waals surface area contributed by atoms with Crippen LogP contribution >= 0.6 is 0 Å². The Labute approximate surface area is 187 Å². The van der Waals surface area contributed by atoms with Crippen LogP contribution in [0.25, 0.3) is 0 Å². The molecular weight excluding hydrogens is 434 g/mol. The van der Waals surface area contributed by atoms with E-state index < -0.39 is 34.9 Å². The monoisotopic (exact) mass is 461 g/mol. The number of benzene rings is 1. The average Bonchev–Trinajstić information content (AvgIpc) is 2.80. The molecule has 1 aromatic carbocycles. The number of sulfonamides is 1. The molecule has 0 unspecified atom stereocenters. The molecule has 1 aliphatic heterocycles. The summed E-state index contributed by atoms with van der Waals surface area (Å²) in [6, 6.07) is 8.97. The van der Waals surface area contributed by atoms with Crippen LogP contribution in [0, 0.1) is 0 Å². The fourth-order valence-corrected chi connectivity index (χ4v) is 4.48. The van der Waals surface area contributed by atoms with Gasteiger partial charge in [0.25, 0.3) is 0 Å². The fourth-order valence-electron chi connectivity index (χ4n) is 3.26. The number of hydrogen-bond donors (Lipinski definition) is 3. The van der Waals surface area contributed by atoms with Gasteiger partial charge >= 0.3 is 0 Å². The molecular formula is C22H27N3O6S. The molecule has 0 aliphatic carbocycles. The Morgan fingerprint density at radius 2 is 1.88 bits per heavy atom. The summed E-state index contributed by atoms with van der Waals surface area (Å²) in [5.74, 6) is 0.350. The summed E-state index contributed by atoms with van der Waals surface area (Å²) >= 11 is 0. The molecule has 10 heteroatoms. The zero-order valence-electron chi connectivity index (χ0n) is 17.7. The first-order chi connectivity index (χ1) is 15.4. The number of methoxy groups -OCH3 is 1. The minimum absolute atomic E-state index is 0.0686. The maximum atomic E-state index is 12.7. The van der Waals surface area contributed by atoms with E-state index in [2.05, 4.69) is 15.0 Å². The van der Waals surface area contributed by atoms with Crippen molar-refractivity contribution in [3.63, 3.8) is 0 Å². The molecule has 9 nitrogen and oxygen atoms in total. The third kappa shape index (κ3) is 6.60. The van der Waals surface area contributed by atoms with Crippen LogP contribution in [0.3, 0.4) is 0 Å². The summed E-state index contributed by atoms with van der Waals surface area (Å²) in [6.07, 6.45) is 6.03. The van der Waals surface area contributed by atoms with Crippen LogP contribution in [-0.2, 0) is 26.0 Å². The molecule has 1 aromatic heterocycles. The van der Waals surface area contributed by atoms with Crippen LogP contribution in [0.1, 0.15) is 12.0 Å². The highest BCUT2D eigenvalue weighted by Crippen LogP contribution is 2.20. The standard InChI is InChI=1S/C22H27N3O6S/c1-30-17-2-5-19(6-3-17)32(28,29)25-20-7-4-18(31-21(20)15-26)14-22(27)24-13-10-16-8-11-23-12-9-16/h2-9,11-12,18,20-21,25-26H,10,13-15H2,1H3,(H,24,27)/t18-,20-,21+/m1/s1. The van der Waals surface area contributed by atoms with Gasteiger partial charge in [0.15, 0.2) is 0 Å². The van der Waals surface area contributed by atoms with E-state index in [1.807, 2.05) is 12.1 Å². The van der Waals surface area contributed by atoms with E-state index in [4.69, 9.17) is 9.47 Å². The first kappa shape index (κ1) is 23.9.